The van der Waals surface area contributed by atoms with Crippen LogP contribution >= 0.6 is 15.9 Å². The van der Waals surface area contributed by atoms with Gasteiger partial charge in [-0.1, -0.05) is 28.1 Å². The Morgan fingerprint density at radius 1 is 1.25 bits per heavy atom. The van der Waals surface area contributed by atoms with Gasteiger partial charge in [-0.2, -0.15) is 5.10 Å². The first-order valence-electron chi connectivity index (χ1n) is 6.56. The van der Waals surface area contributed by atoms with Crippen LogP contribution in [-0.2, 0) is 10.0 Å². The topological polar surface area (TPSA) is 128 Å². The molecule has 0 aromatic heterocycles. The van der Waals surface area contributed by atoms with Crippen LogP contribution in [-0.4, -0.2) is 19.1 Å². The Kier molecular flexibility index (Phi) is 5.32. The van der Waals surface area contributed by atoms with E-state index in [1.54, 1.807) is 6.92 Å². The second-order valence-corrected chi connectivity index (χ2v) is 7.27. The van der Waals surface area contributed by atoms with E-state index < -0.39 is 20.6 Å². The molecule has 3 N–H and O–H groups in total. The fourth-order valence-corrected chi connectivity index (χ4v) is 2.63. The molecule has 126 valence electrons. The number of primary sulfonamides is 1. The number of sulfonamides is 1. The molecule has 0 saturated heterocycles. The second-order valence-electron chi connectivity index (χ2n) is 4.80. The highest BCUT2D eigenvalue weighted by molar-refractivity contribution is 9.10. The lowest BCUT2D eigenvalue weighted by Crippen LogP contribution is -2.12. The third-order valence-corrected chi connectivity index (χ3v) is 4.54. The highest BCUT2D eigenvalue weighted by atomic mass is 79.9. The molecule has 10 heteroatoms. The van der Waals surface area contributed by atoms with Gasteiger partial charge in [0.1, 0.15) is 5.69 Å². The zero-order chi connectivity index (χ0) is 17.9. The summed E-state index contributed by atoms with van der Waals surface area (Å²) in [6, 6.07) is 10.7. The van der Waals surface area contributed by atoms with E-state index >= 15 is 0 Å². The molecule has 0 atom stereocenters. The second kappa shape index (κ2) is 7.07. The number of rotatable bonds is 5. The van der Waals surface area contributed by atoms with Crippen molar-refractivity contribution in [3.05, 3.63) is 62.6 Å². The summed E-state index contributed by atoms with van der Waals surface area (Å²) in [4.78, 5) is 10.1. The molecule has 2 aromatic rings. The van der Waals surface area contributed by atoms with Crippen LogP contribution in [0, 0.1) is 10.1 Å². The minimum atomic E-state index is -4.03. The average molecular weight is 413 g/mol. The van der Waals surface area contributed by atoms with Gasteiger partial charge in [0.05, 0.1) is 15.5 Å². The van der Waals surface area contributed by atoms with Gasteiger partial charge in [0.15, 0.2) is 0 Å². The number of benzene rings is 2. The highest BCUT2D eigenvalue weighted by Crippen LogP contribution is 2.27. The molecule has 0 radical (unpaired) electrons. The van der Waals surface area contributed by atoms with Gasteiger partial charge in [-0.15, -0.1) is 0 Å². The Morgan fingerprint density at radius 2 is 1.88 bits per heavy atom. The SMILES string of the molecule is C/C(=N/Nc1ccc(S(N)(=O)=O)cc1[N+](=O)[O-])c1ccc(Br)cc1. The lowest BCUT2D eigenvalue weighted by molar-refractivity contribution is -0.384. The predicted molar refractivity (Wildman–Crippen MR) is 94.4 cm³/mol. The summed E-state index contributed by atoms with van der Waals surface area (Å²) < 4.78 is 23.5. The molecule has 0 amide bonds. The average Bonchev–Trinajstić information content (AvgIpc) is 2.52. The summed E-state index contributed by atoms with van der Waals surface area (Å²) in [7, 11) is -4.03. The zero-order valence-corrected chi connectivity index (χ0v) is 14.8. The van der Waals surface area contributed by atoms with Gasteiger partial charge in [-0.25, -0.2) is 13.6 Å². The first-order chi connectivity index (χ1) is 11.2. The largest absolute Gasteiger partial charge is 0.295 e. The Hall–Kier alpha value is -2.30. The Labute approximate surface area is 146 Å². The first kappa shape index (κ1) is 18.0. The number of nitrogens with two attached hydrogens (primary N) is 1. The van der Waals surface area contributed by atoms with Crippen molar-refractivity contribution in [2.45, 2.75) is 11.8 Å². The van der Waals surface area contributed by atoms with E-state index in [1.165, 1.54) is 12.1 Å². The molecule has 24 heavy (non-hydrogen) atoms. The minimum Gasteiger partial charge on any atom is -0.271 e. The first-order valence-corrected chi connectivity index (χ1v) is 8.90. The fourth-order valence-electron chi connectivity index (χ4n) is 1.83. The van der Waals surface area contributed by atoms with E-state index in [0.717, 1.165) is 16.1 Å². The van der Waals surface area contributed by atoms with Gasteiger partial charge in [0.2, 0.25) is 10.0 Å². The van der Waals surface area contributed by atoms with Crippen molar-refractivity contribution >= 4 is 43.0 Å². The van der Waals surface area contributed by atoms with Gasteiger partial charge in [0.25, 0.3) is 5.69 Å². The number of nitro benzene ring substituents is 1. The molecule has 0 fully saturated rings. The number of halogens is 1. The molecule has 0 bridgehead atoms. The van der Waals surface area contributed by atoms with Gasteiger partial charge < -0.3 is 0 Å². The van der Waals surface area contributed by atoms with Crippen molar-refractivity contribution in [1.29, 1.82) is 0 Å². The Balaban J connectivity index is 2.33. The lowest BCUT2D eigenvalue weighted by atomic mass is 10.1. The molecule has 2 rings (SSSR count). The van der Waals surface area contributed by atoms with Crippen LogP contribution in [0.15, 0.2) is 56.9 Å². The van der Waals surface area contributed by atoms with E-state index in [0.29, 0.717) is 5.71 Å². The van der Waals surface area contributed by atoms with Crippen LogP contribution in [0.25, 0.3) is 0 Å². The summed E-state index contributed by atoms with van der Waals surface area (Å²) in [5, 5.41) is 20.2. The van der Waals surface area contributed by atoms with E-state index in [2.05, 4.69) is 26.5 Å². The predicted octanol–water partition coefficient (Wildman–Crippen LogP) is 2.84. The van der Waals surface area contributed by atoms with E-state index in [-0.39, 0.29) is 10.6 Å². The minimum absolute atomic E-state index is 0.0591. The monoisotopic (exact) mass is 412 g/mol. The van der Waals surface area contributed by atoms with Crippen LogP contribution in [0.2, 0.25) is 0 Å². The normalized spacial score (nSPS) is 12.0. The van der Waals surface area contributed by atoms with E-state index in [4.69, 9.17) is 5.14 Å². The van der Waals surface area contributed by atoms with Crippen LogP contribution in [0.1, 0.15) is 12.5 Å². The molecule has 2 aromatic carbocycles. The molecule has 0 aliphatic rings. The van der Waals surface area contributed by atoms with Crippen molar-refractivity contribution in [1.82, 2.24) is 0 Å². The van der Waals surface area contributed by atoms with Crippen molar-refractivity contribution in [2.24, 2.45) is 10.2 Å². The summed E-state index contributed by atoms with van der Waals surface area (Å²) in [6.45, 7) is 1.74. The number of hydrogen-bond acceptors (Lipinski definition) is 6. The maximum atomic E-state index is 11.3. The molecule has 8 nitrogen and oxygen atoms in total. The summed E-state index contributed by atoms with van der Waals surface area (Å²) >= 11 is 3.33. The van der Waals surface area contributed by atoms with E-state index in [1.807, 2.05) is 24.3 Å². The van der Waals surface area contributed by atoms with Crippen LogP contribution in [0.3, 0.4) is 0 Å². The smallest absolute Gasteiger partial charge is 0.271 e. The number of nitrogens with one attached hydrogen (secondary N) is 1. The number of nitro groups is 1. The van der Waals surface area contributed by atoms with E-state index in [9.17, 15) is 18.5 Å². The molecule has 0 unspecified atom stereocenters. The molecule has 0 aliphatic heterocycles. The lowest BCUT2D eigenvalue weighted by Gasteiger charge is -2.06. The molecule has 0 spiro atoms. The molecular formula is C14H13BrN4O4S. The van der Waals surface area contributed by atoms with Crippen molar-refractivity contribution in [3.63, 3.8) is 0 Å². The zero-order valence-electron chi connectivity index (χ0n) is 12.4. The number of nitrogens with zero attached hydrogens (tertiary/aromatic N) is 2. The van der Waals surface area contributed by atoms with Gasteiger partial charge in [-0.3, -0.25) is 15.5 Å². The maximum Gasteiger partial charge on any atom is 0.295 e. The Morgan fingerprint density at radius 3 is 2.42 bits per heavy atom. The van der Waals surface area contributed by atoms with Crippen molar-refractivity contribution in [2.75, 3.05) is 5.43 Å². The van der Waals surface area contributed by atoms with Gasteiger partial charge in [-0.05, 0) is 36.8 Å². The summed E-state index contributed by atoms with van der Waals surface area (Å²) in [6.07, 6.45) is 0. The van der Waals surface area contributed by atoms with Gasteiger partial charge >= 0.3 is 0 Å². The number of hydrazone groups is 1. The molecular weight excluding hydrogens is 400 g/mol. The third kappa shape index (κ3) is 4.37. The molecule has 0 saturated carbocycles. The van der Waals surface area contributed by atoms with Crippen LogP contribution in [0.5, 0.6) is 0 Å². The summed E-state index contributed by atoms with van der Waals surface area (Å²) in [5.74, 6) is 0. The number of hydrogen-bond donors (Lipinski definition) is 2. The Bertz CT molecular complexity index is 911. The fraction of sp³-hybridized carbons (Fsp3) is 0.0714. The van der Waals surface area contributed by atoms with Crippen molar-refractivity contribution in [3.8, 4) is 0 Å². The highest BCUT2D eigenvalue weighted by Gasteiger charge is 2.18. The van der Waals surface area contributed by atoms with Crippen molar-refractivity contribution < 1.29 is 13.3 Å². The van der Waals surface area contributed by atoms with Crippen LogP contribution in [0.4, 0.5) is 11.4 Å². The standard InChI is InChI=1S/C14H13BrN4O4S/c1-9(10-2-4-11(15)5-3-10)17-18-13-7-6-12(24(16,22)23)8-14(13)19(20)21/h2-8,18H,1H3,(H2,16,22,23)/b17-9-. The third-order valence-electron chi connectivity index (χ3n) is 3.10. The summed E-state index contributed by atoms with van der Waals surface area (Å²) in [5.41, 5.74) is 3.64. The molecule has 0 aliphatic carbocycles. The quantitative estimate of drug-likeness (QED) is 0.443. The molecule has 0 heterocycles. The number of anilines is 1. The van der Waals surface area contributed by atoms with Gasteiger partial charge in [0, 0.05) is 10.5 Å². The van der Waals surface area contributed by atoms with Crippen LogP contribution < -0.4 is 10.6 Å². The maximum absolute atomic E-state index is 11.3.